The number of carbonyl (C=O) groups is 1. The number of carboxylic acids is 1. The number of aromatic nitrogens is 1. The van der Waals surface area contributed by atoms with Crippen LogP contribution in [-0.4, -0.2) is 46.7 Å². The number of aliphatic carboxylic acids is 1. The van der Waals surface area contributed by atoms with E-state index in [1.807, 2.05) is 12.1 Å². The molecule has 1 aliphatic rings. The van der Waals surface area contributed by atoms with Gasteiger partial charge in [0.25, 0.3) is 0 Å². The maximum Gasteiger partial charge on any atom is 0.305 e. The van der Waals surface area contributed by atoms with Crippen LogP contribution >= 0.6 is 7.37 Å². The Labute approximate surface area is 223 Å². The highest BCUT2D eigenvalue weighted by molar-refractivity contribution is 7.59. The number of aryl methyl sites for hydroxylation is 1. The SMILES string of the molecule is COP(=O)(CCc1c(C(C)C)nc2c(c1-c1ccc(F)cc1)CCCc1ccccc1-2)C[C@@H](O)CC(=O)O. The summed E-state index contributed by atoms with van der Waals surface area (Å²) in [6.07, 6.45) is 1.18. The maximum atomic E-state index is 13.9. The number of aliphatic hydroxyl groups is 1. The number of hydrogen-bond donors (Lipinski definition) is 2. The second kappa shape index (κ2) is 11.9. The molecule has 1 aliphatic carbocycles. The number of fused-ring (bicyclic) bond motifs is 3. The molecular formula is C30H35FNO5P. The molecule has 2 aromatic carbocycles. The van der Waals surface area contributed by atoms with Crippen molar-refractivity contribution in [1.29, 1.82) is 0 Å². The van der Waals surface area contributed by atoms with Gasteiger partial charge in [-0.25, -0.2) is 4.39 Å². The Morgan fingerprint density at radius 2 is 1.84 bits per heavy atom. The van der Waals surface area contributed by atoms with E-state index in [1.165, 1.54) is 24.8 Å². The third kappa shape index (κ3) is 6.23. The van der Waals surface area contributed by atoms with Gasteiger partial charge in [-0.05, 0) is 71.6 Å². The second-order valence-corrected chi connectivity index (χ2v) is 13.1. The normalized spacial score (nSPS) is 15.3. The predicted molar refractivity (Wildman–Crippen MR) is 147 cm³/mol. The quantitative estimate of drug-likeness (QED) is 0.287. The van der Waals surface area contributed by atoms with Crippen molar-refractivity contribution in [2.24, 2.45) is 0 Å². The van der Waals surface area contributed by atoms with Gasteiger partial charge in [-0.15, -0.1) is 0 Å². The van der Waals surface area contributed by atoms with E-state index in [9.17, 15) is 18.9 Å². The van der Waals surface area contributed by atoms with E-state index < -0.39 is 25.9 Å². The van der Waals surface area contributed by atoms with Crippen LogP contribution in [0.2, 0.25) is 0 Å². The Kier molecular flexibility index (Phi) is 8.81. The van der Waals surface area contributed by atoms with E-state index in [0.29, 0.717) is 6.42 Å². The highest BCUT2D eigenvalue weighted by Crippen LogP contribution is 2.49. The molecule has 0 aliphatic heterocycles. The van der Waals surface area contributed by atoms with Gasteiger partial charge in [-0.1, -0.05) is 50.2 Å². The monoisotopic (exact) mass is 539 g/mol. The van der Waals surface area contributed by atoms with Crippen LogP contribution in [0.5, 0.6) is 0 Å². The summed E-state index contributed by atoms with van der Waals surface area (Å²) in [7, 11) is -2.00. The molecule has 8 heteroatoms. The van der Waals surface area contributed by atoms with Crippen LogP contribution in [0, 0.1) is 5.82 Å². The zero-order chi connectivity index (χ0) is 27.4. The fourth-order valence-electron chi connectivity index (χ4n) is 5.40. The molecule has 1 heterocycles. The zero-order valence-corrected chi connectivity index (χ0v) is 23.0. The van der Waals surface area contributed by atoms with E-state index in [-0.39, 0.29) is 24.1 Å². The van der Waals surface area contributed by atoms with Gasteiger partial charge in [0, 0.05) is 24.5 Å². The smallest absolute Gasteiger partial charge is 0.305 e. The van der Waals surface area contributed by atoms with E-state index in [4.69, 9.17) is 14.6 Å². The zero-order valence-electron chi connectivity index (χ0n) is 22.1. The number of benzene rings is 2. The fourth-order valence-corrected chi connectivity index (χ4v) is 7.25. The molecule has 1 unspecified atom stereocenters. The molecule has 0 radical (unpaired) electrons. The summed E-state index contributed by atoms with van der Waals surface area (Å²) in [6.45, 7) is 4.14. The molecule has 0 saturated heterocycles. The second-order valence-electron chi connectivity index (χ2n) is 10.3. The van der Waals surface area contributed by atoms with Crippen LogP contribution in [0.3, 0.4) is 0 Å². The van der Waals surface area contributed by atoms with Crippen LogP contribution in [0.4, 0.5) is 4.39 Å². The third-order valence-electron chi connectivity index (χ3n) is 7.19. The van der Waals surface area contributed by atoms with E-state index >= 15 is 0 Å². The van der Waals surface area contributed by atoms with Crippen molar-refractivity contribution in [3.63, 3.8) is 0 Å². The molecular weight excluding hydrogens is 504 g/mol. The number of pyridine rings is 1. The minimum absolute atomic E-state index is 0.0597. The lowest BCUT2D eigenvalue weighted by Gasteiger charge is -2.25. The first-order valence-corrected chi connectivity index (χ1v) is 15.0. The highest BCUT2D eigenvalue weighted by atomic mass is 31.2. The molecule has 0 amide bonds. The summed E-state index contributed by atoms with van der Waals surface area (Å²) in [6, 6.07) is 14.8. The van der Waals surface area contributed by atoms with Gasteiger partial charge in [0.15, 0.2) is 0 Å². The molecule has 0 saturated carbocycles. The Hall–Kier alpha value is -2.86. The first kappa shape index (κ1) is 28.2. The largest absolute Gasteiger partial charge is 0.481 e. The van der Waals surface area contributed by atoms with Gasteiger partial charge in [-0.2, -0.15) is 0 Å². The Balaban J connectivity index is 1.87. The molecule has 4 rings (SSSR count). The van der Waals surface area contributed by atoms with Crippen molar-refractivity contribution in [3.8, 4) is 22.4 Å². The fraction of sp³-hybridized carbons (Fsp3) is 0.400. The molecule has 2 atom stereocenters. The van der Waals surface area contributed by atoms with Crippen molar-refractivity contribution in [1.82, 2.24) is 4.98 Å². The molecule has 38 heavy (non-hydrogen) atoms. The summed E-state index contributed by atoms with van der Waals surface area (Å²) in [5, 5.41) is 19.2. The van der Waals surface area contributed by atoms with E-state index in [0.717, 1.165) is 58.5 Å². The molecule has 0 bridgehead atoms. The van der Waals surface area contributed by atoms with Gasteiger partial charge in [0.05, 0.1) is 24.4 Å². The molecule has 0 spiro atoms. The summed E-state index contributed by atoms with van der Waals surface area (Å²) in [4.78, 5) is 16.2. The van der Waals surface area contributed by atoms with Gasteiger partial charge in [-0.3, -0.25) is 14.3 Å². The van der Waals surface area contributed by atoms with Crippen molar-refractivity contribution in [3.05, 3.63) is 76.7 Å². The molecule has 6 nitrogen and oxygen atoms in total. The molecule has 2 N–H and O–H groups in total. The molecule has 1 aromatic heterocycles. The standard InChI is InChI=1S/C30H35FNO5P/c1-19(2)29-26(15-16-38(36,37-3)18-23(33)17-27(34)35)28(21-11-13-22(31)14-12-21)25-10-6-8-20-7-4-5-9-24(20)30(25)32-29/h4-5,7,9,11-14,19,23,33H,6,8,10,15-18H2,1-3H3,(H,34,35)/t23-,38?/m0/s1. The van der Waals surface area contributed by atoms with Gasteiger partial charge < -0.3 is 14.7 Å². The first-order valence-electron chi connectivity index (χ1n) is 13.1. The van der Waals surface area contributed by atoms with Crippen LogP contribution in [0.25, 0.3) is 22.4 Å². The van der Waals surface area contributed by atoms with Crippen molar-refractivity contribution >= 4 is 13.3 Å². The minimum atomic E-state index is -3.34. The molecule has 0 fully saturated rings. The van der Waals surface area contributed by atoms with Crippen molar-refractivity contribution in [2.45, 2.75) is 58.0 Å². The van der Waals surface area contributed by atoms with E-state index in [2.05, 4.69) is 26.0 Å². The lowest BCUT2D eigenvalue weighted by molar-refractivity contribution is -0.138. The van der Waals surface area contributed by atoms with Crippen molar-refractivity contribution < 1.29 is 28.5 Å². The average Bonchev–Trinajstić information content (AvgIpc) is 3.06. The first-order chi connectivity index (χ1) is 18.1. The number of aliphatic hydroxyl groups excluding tert-OH is 1. The van der Waals surface area contributed by atoms with Gasteiger partial charge >= 0.3 is 5.97 Å². The van der Waals surface area contributed by atoms with Crippen molar-refractivity contribution in [2.75, 3.05) is 19.4 Å². The van der Waals surface area contributed by atoms with Crippen LogP contribution in [0.15, 0.2) is 48.5 Å². The average molecular weight is 540 g/mol. The number of nitrogens with zero attached hydrogens (tertiary/aromatic N) is 1. The Bertz CT molecular complexity index is 1360. The molecule has 202 valence electrons. The van der Waals surface area contributed by atoms with Gasteiger partial charge in [0.1, 0.15) is 5.82 Å². The predicted octanol–water partition coefficient (Wildman–Crippen LogP) is 6.47. The summed E-state index contributed by atoms with van der Waals surface area (Å²) < 4.78 is 32.9. The highest BCUT2D eigenvalue weighted by Gasteiger charge is 2.30. The third-order valence-corrected chi connectivity index (χ3v) is 9.74. The Morgan fingerprint density at radius 3 is 2.50 bits per heavy atom. The van der Waals surface area contributed by atoms with E-state index in [1.54, 1.807) is 12.1 Å². The van der Waals surface area contributed by atoms with Crippen LogP contribution < -0.4 is 0 Å². The summed E-state index contributed by atoms with van der Waals surface area (Å²) in [5.41, 5.74) is 8.08. The Morgan fingerprint density at radius 1 is 1.13 bits per heavy atom. The lowest BCUT2D eigenvalue weighted by Crippen LogP contribution is -2.19. The van der Waals surface area contributed by atoms with Crippen LogP contribution in [0.1, 0.15) is 55.0 Å². The summed E-state index contributed by atoms with van der Waals surface area (Å²) >= 11 is 0. The number of halogens is 1. The summed E-state index contributed by atoms with van der Waals surface area (Å²) in [5.74, 6) is -1.42. The number of carboxylic acid groups (broad SMARTS) is 1. The van der Waals surface area contributed by atoms with Gasteiger partial charge in [0.2, 0.25) is 7.37 Å². The maximum absolute atomic E-state index is 13.9. The minimum Gasteiger partial charge on any atom is -0.481 e. The van der Waals surface area contributed by atoms with Crippen LogP contribution in [-0.2, 0) is 33.1 Å². The number of rotatable bonds is 10. The molecule has 3 aromatic rings. The topological polar surface area (TPSA) is 96.7 Å². The number of hydrogen-bond acceptors (Lipinski definition) is 5. The lowest BCUT2D eigenvalue weighted by atomic mass is 9.86.